The molecule has 2 rings (SSSR count). The average Bonchev–Trinajstić information content (AvgIpc) is 2.56. The van der Waals surface area contributed by atoms with Crippen LogP contribution in [0.2, 0.25) is 0 Å². The minimum absolute atomic E-state index is 0.123. The van der Waals surface area contributed by atoms with Crippen molar-refractivity contribution >= 4 is 12.0 Å². The zero-order chi connectivity index (χ0) is 17.7. The molecule has 1 heterocycles. The van der Waals surface area contributed by atoms with Gasteiger partial charge in [-0.3, -0.25) is 0 Å². The maximum atomic E-state index is 12.3. The van der Waals surface area contributed by atoms with Gasteiger partial charge in [0.05, 0.1) is 12.2 Å². The Kier molecular flexibility index (Phi) is 5.73. The van der Waals surface area contributed by atoms with Gasteiger partial charge in [0, 0.05) is 33.9 Å². The van der Waals surface area contributed by atoms with Crippen molar-refractivity contribution < 1.29 is 4.79 Å². The van der Waals surface area contributed by atoms with E-state index in [1.807, 2.05) is 25.1 Å². The van der Waals surface area contributed by atoms with Gasteiger partial charge in [-0.1, -0.05) is 18.2 Å². The Hall–Kier alpha value is -2.63. The number of anilines is 1. The molecule has 6 heteroatoms. The molecule has 2 amide bonds. The van der Waals surface area contributed by atoms with E-state index in [0.717, 1.165) is 5.69 Å². The predicted molar refractivity (Wildman–Crippen MR) is 96.0 cm³/mol. The fourth-order valence-electron chi connectivity index (χ4n) is 2.41. The Balaban J connectivity index is 1.96. The van der Waals surface area contributed by atoms with E-state index in [4.69, 9.17) is 0 Å². The number of aromatic nitrogens is 2. The van der Waals surface area contributed by atoms with Crippen molar-refractivity contribution in [3.8, 4) is 0 Å². The molecule has 0 bridgehead atoms. The van der Waals surface area contributed by atoms with Gasteiger partial charge in [-0.15, -0.1) is 0 Å². The van der Waals surface area contributed by atoms with Crippen molar-refractivity contribution in [2.24, 2.45) is 0 Å². The van der Waals surface area contributed by atoms with E-state index in [9.17, 15) is 4.79 Å². The SMILES string of the molecule is Cc1cccc(C)c1CN(C)C(=O)NCc1ccnc(N(C)C)n1. The Labute approximate surface area is 143 Å². The number of nitrogens with one attached hydrogen (secondary N) is 1. The number of hydrogen-bond donors (Lipinski definition) is 1. The molecule has 128 valence electrons. The summed E-state index contributed by atoms with van der Waals surface area (Å²) in [6, 6.07) is 7.85. The summed E-state index contributed by atoms with van der Waals surface area (Å²) in [7, 11) is 5.57. The quantitative estimate of drug-likeness (QED) is 0.916. The van der Waals surface area contributed by atoms with Gasteiger partial charge >= 0.3 is 6.03 Å². The van der Waals surface area contributed by atoms with Crippen molar-refractivity contribution in [3.63, 3.8) is 0 Å². The van der Waals surface area contributed by atoms with Crippen LogP contribution in [0.5, 0.6) is 0 Å². The molecule has 0 spiro atoms. The molecule has 1 aromatic carbocycles. The highest BCUT2D eigenvalue weighted by molar-refractivity contribution is 5.73. The number of benzene rings is 1. The molecule has 0 saturated carbocycles. The molecule has 24 heavy (non-hydrogen) atoms. The predicted octanol–water partition coefficient (Wildman–Crippen LogP) is 2.50. The molecule has 6 nitrogen and oxygen atoms in total. The summed E-state index contributed by atoms with van der Waals surface area (Å²) in [6.07, 6.45) is 1.70. The molecule has 0 aliphatic rings. The zero-order valence-corrected chi connectivity index (χ0v) is 15.0. The molecule has 1 aromatic heterocycles. The van der Waals surface area contributed by atoms with Crippen LogP contribution in [-0.2, 0) is 13.1 Å². The van der Waals surface area contributed by atoms with Gasteiger partial charge in [-0.2, -0.15) is 0 Å². The van der Waals surface area contributed by atoms with Gasteiger partial charge in [0.25, 0.3) is 0 Å². The standard InChI is InChI=1S/C18H25N5O/c1-13-7-6-8-14(2)16(13)12-23(5)18(24)20-11-15-9-10-19-17(21-15)22(3)4/h6-10H,11-12H2,1-5H3,(H,20,24). The van der Waals surface area contributed by atoms with Crippen LogP contribution in [0.4, 0.5) is 10.7 Å². The van der Waals surface area contributed by atoms with Crippen molar-refractivity contribution in [3.05, 3.63) is 52.8 Å². The van der Waals surface area contributed by atoms with E-state index < -0.39 is 0 Å². The normalized spacial score (nSPS) is 10.4. The first-order valence-electron chi connectivity index (χ1n) is 7.91. The molecule has 0 radical (unpaired) electrons. The average molecular weight is 327 g/mol. The largest absolute Gasteiger partial charge is 0.347 e. The second-order valence-electron chi connectivity index (χ2n) is 6.13. The number of rotatable bonds is 5. The second kappa shape index (κ2) is 7.77. The second-order valence-corrected chi connectivity index (χ2v) is 6.13. The van der Waals surface area contributed by atoms with E-state index in [1.54, 1.807) is 24.2 Å². The molecule has 0 aliphatic heterocycles. The van der Waals surface area contributed by atoms with E-state index in [0.29, 0.717) is 19.0 Å². The summed E-state index contributed by atoms with van der Waals surface area (Å²) in [4.78, 5) is 24.4. The Bertz CT molecular complexity index is 694. The third-order valence-corrected chi connectivity index (χ3v) is 3.91. The molecular weight excluding hydrogens is 302 g/mol. The third kappa shape index (κ3) is 4.44. The first-order chi connectivity index (χ1) is 11.4. The zero-order valence-electron chi connectivity index (χ0n) is 15.0. The summed E-state index contributed by atoms with van der Waals surface area (Å²) in [5.74, 6) is 0.630. The van der Waals surface area contributed by atoms with Gasteiger partial charge in [0.2, 0.25) is 5.95 Å². The van der Waals surface area contributed by atoms with Crippen LogP contribution >= 0.6 is 0 Å². The Morgan fingerprint density at radius 1 is 1.12 bits per heavy atom. The highest BCUT2D eigenvalue weighted by atomic mass is 16.2. The molecule has 2 aromatic rings. The molecule has 0 fully saturated rings. The maximum Gasteiger partial charge on any atom is 0.317 e. The van der Waals surface area contributed by atoms with Crippen molar-refractivity contribution in [2.75, 3.05) is 26.0 Å². The van der Waals surface area contributed by atoms with Crippen LogP contribution in [0.3, 0.4) is 0 Å². The lowest BCUT2D eigenvalue weighted by Crippen LogP contribution is -2.37. The van der Waals surface area contributed by atoms with Crippen LogP contribution in [0.25, 0.3) is 0 Å². The van der Waals surface area contributed by atoms with E-state index in [2.05, 4.69) is 41.3 Å². The summed E-state index contributed by atoms with van der Waals surface area (Å²) in [5.41, 5.74) is 4.36. The van der Waals surface area contributed by atoms with Gasteiger partial charge in [0.1, 0.15) is 0 Å². The number of carbonyl (C=O) groups is 1. The highest BCUT2D eigenvalue weighted by Gasteiger charge is 2.12. The van der Waals surface area contributed by atoms with Crippen LogP contribution in [0.15, 0.2) is 30.5 Å². The summed E-state index contributed by atoms with van der Waals surface area (Å²) in [5, 5.41) is 2.90. The minimum atomic E-state index is -0.123. The molecule has 0 aliphatic carbocycles. The number of carbonyl (C=O) groups excluding carboxylic acids is 1. The first kappa shape index (κ1) is 17.7. The number of hydrogen-bond acceptors (Lipinski definition) is 4. The van der Waals surface area contributed by atoms with Crippen molar-refractivity contribution in [1.29, 1.82) is 0 Å². The number of aryl methyl sites for hydroxylation is 2. The van der Waals surface area contributed by atoms with Gasteiger partial charge < -0.3 is 15.1 Å². The molecule has 0 unspecified atom stereocenters. The van der Waals surface area contributed by atoms with Crippen LogP contribution < -0.4 is 10.2 Å². The molecule has 0 saturated heterocycles. The van der Waals surface area contributed by atoms with E-state index >= 15 is 0 Å². The third-order valence-electron chi connectivity index (χ3n) is 3.91. The van der Waals surface area contributed by atoms with Gasteiger partial charge in [0.15, 0.2) is 0 Å². The van der Waals surface area contributed by atoms with Crippen LogP contribution in [0.1, 0.15) is 22.4 Å². The lowest BCUT2D eigenvalue weighted by atomic mass is 10.0. The Morgan fingerprint density at radius 2 is 1.79 bits per heavy atom. The molecule has 1 N–H and O–H groups in total. The monoisotopic (exact) mass is 327 g/mol. The fraction of sp³-hybridized carbons (Fsp3) is 0.389. The minimum Gasteiger partial charge on any atom is -0.347 e. The molecular formula is C18H25N5O. The summed E-state index contributed by atoms with van der Waals surface area (Å²) < 4.78 is 0. The Morgan fingerprint density at radius 3 is 2.42 bits per heavy atom. The van der Waals surface area contributed by atoms with E-state index in [1.165, 1.54) is 16.7 Å². The number of amides is 2. The van der Waals surface area contributed by atoms with E-state index in [-0.39, 0.29) is 6.03 Å². The topological polar surface area (TPSA) is 61.4 Å². The van der Waals surface area contributed by atoms with Crippen molar-refractivity contribution in [1.82, 2.24) is 20.2 Å². The lowest BCUT2D eigenvalue weighted by molar-refractivity contribution is 0.206. The number of urea groups is 1. The maximum absolute atomic E-state index is 12.3. The summed E-state index contributed by atoms with van der Waals surface area (Å²) >= 11 is 0. The van der Waals surface area contributed by atoms with Gasteiger partial charge in [-0.25, -0.2) is 14.8 Å². The van der Waals surface area contributed by atoms with Crippen LogP contribution in [-0.4, -0.2) is 42.0 Å². The fourth-order valence-corrected chi connectivity index (χ4v) is 2.41. The summed E-state index contributed by atoms with van der Waals surface area (Å²) in [6.45, 7) is 5.09. The highest BCUT2D eigenvalue weighted by Crippen LogP contribution is 2.15. The van der Waals surface area contributed by atoms with Crippen molar-refractivity contribution in [2.45, 2.75) is 26.9 Å². The lowest BCUT2D eigenvalue weighted by Gasteiger charge is -2.20. The first-order valence-corrected chi connectivity index (χ1v) is 7.91. The molecule has 0 atom stereocenters. The number of nitrogens with zero attached hydrogens (tertiary/aromatic N) is 4. The van der Waals surface area contributed by atoms with Crippen LogP contribution in [0, 0.1) is 13.8 Å². The smallest absolute Gasteiger partial charge is 0.317 e. The van der Waals surface area contributed by atoms with Gasteiger partial charge in [-0.05, 0) is 36.6 Å².